The summed E-state index contributed by atoms with van der Waals surface area (Å²) in [6, 6.07) is 7.55. The first kappa shape index (κ1) is 13.6. The van der Waals surface area contributed by atoms with E-state index in [1.807, 2.05) is 24.3 Å². The van der Waals surface area contributed by atoms with Crippen molar-refractivity contribution in [3.05, 3.63) is 30.5 Å². The van der Waals surface area contributed by atoms with Crippen LogP contribution in [0, 0.1) is 0 Å². The molecule has 0 aliphatic rings. The van der Waals surface area contributed by atoms with Gasteiger partial charge < -0.3 is 10.1 Å². The lowest BCUT2D eigenvalue weighted by Gasteiger charge is -2.10. The predicted octanol–water partition coefficient (Wildman–Crippen LogP) is 1.70. The summed E-state index contributed by atoms with van der Waals surface area (Å²) in [5, 5.41) is 4.91. The van der Waals surface area contributed by atoms with Crippen LogP contribution in [0.3, 0.4) is 0 Å². The molecule has 5 nitrogen and oxygen atoms in total. The minimum atomic E-state index is -2.98. The number of nitrogens with one attached hydrogen (secondary N) is 1. The average molecular weight is 280 g/mol. The number of benzene rings is 1. The monoisotopic (exact) mass is 280 g/mol. The van der Waals surface area contributed by atoms with Crippen LogP contribution in [0.4, 0.5) is 5.82 Å². The third-order valence-electron chi connectivity index (χ3n) is 2.75. The third-order valence-corrected chi connectivity index (χ3v) is 3.70. The Morgan fingerprint density at radius 2 is 2.05 bits per heavy atom. The van der Waals surface area contributed by atoms with Gasteiger partial charge in [0.15, 0.2) is 0 Å². The van der Waals surface area contributed by atoms with Gasteiger partial charge in [0.2, 0.25) is 0 Å². The summed E-state index contributed by atoms with van der Waals surface area (Å²) in [5.41, 5.74) is 0. The Morgan fingerprint density at radius 3 is 2.74 bits per heavy atom. The van der Waals surface area contributed by atoms with Gasteiger partial charge in [0, 0.05) is 29.8 Å². The number of sulfone groups is 1. The topological polar surface area (TPSA) is 68.3 Å². The number of aromatic nitrogens is 1. The third kappa shape index (κ3) is 3.35. The van der Waals surface area contributed by atoms with Crippen molar-refractivity contribution in [1.82, 2.24) is 4.98 Å². The molecule has 0 unspecified atom stereocenters. The summed E-state index contributed by atoms with van der Waals surface area (Å²) in [4.78, 5) is 4.24. The minimum absolute atomic E-state index is 0.0784. The van der Waals surface area contributed by atoms with Gasteiger partial charge in [-0.05, 0) is 12.1 Å². The lowest BCUT2D eigenvalue weighted by atomic mass is 10.1. The average Bonchev–Trinajstić information content (AvgIpc) is 2.37. The van der Waals surface area contributed by atoms with Gasteiger partial charge in [-0.3, -0.25) is 0 Å². The van der Waals surface area contributed by atoms with Crippen molar-refractivity contribution in [3.8, 4) is 5.75 Å². The van der Waals surface area contributed by atoms with E-state index in [1.54, 1.807) is 13.3 Å². The summed E-state index contributed by atoms with van der Waals surface area (Å²) < 4.78 is 27.5. The van der Waals surface area contributed by atoms with Gasteiger partial charge in [-0.2, -0.15) is 0 Å². The molecule has 0 saturated carbocycles. The molecule has 1 heterocycles. The number of nitrogens with zero attached hydrogens (tertiary/aromatic N) is 1. The van der Waals surface area contributed by atoms with Crippen LogP contribution in [0.1, 0.15) is 0 Å². The van der Waals surface area contributed by atoms with Crippen molar-refractivity contribution in [2.24, 2.45) is 0 Å². The number of hydrogen-bond donors (Lipinski definition) is 1. The Hall–Kier alpha value is -1.82. The zero-order valence-electron chi connectivity index (χ0n) is 10.9. The molecule has 0 amide bonds. The summed E-state index contributed by atoms with van der Waals surface area (Å²) in [7, 11) is -1.36. The van der Waals surface area contributed by atoms with Crippen LogP contribution in [0.5, 0.6) is 5.75 Å². The van der Waals surface area contributed by atoms with Gasteiger partial charge in [0.05, 0.1) is 12.9 Å². The fraction of sp³-hybridized carbons (Fsp3) is 0.308. The van der Waals surface area contributed by atoms with Crippen LogP contribution in [0.15, 0.2) is 30.5 Å². The summed E-state index contributed by atoms with van der Waals surface area (Å²) in [5.74, 6) is 1.51. The van der Waals surface area contributed by atoms with Gasteiger partial charge in [-0.1, -0.05) is 12.1 Å². The molecule has 6 heteroatoms. The van der Waals surface area contributed by atoms with Crippen LogP contribution < -0.4 is 10.1 Å². The van der Waals surface area contributed by atoms with Crippen molar-refractivity contribution in [3.63, 3.8) is 0 Å². The highest BCUT2D eigenvalue weighted by atomic mass is 32.2. The predicted molar refractivity (Wildman–Crippen MR) is 76.5 cm³/mol. The van der Waals surface area contributed by atoms with E-state index in [0.29, 0.717) is 12.4 Å². The Balaban J connectivity index is 2.29. The number of pyridine rings is 1. The van der Waals surface area contributed by atoms with Crippen molar-refractivity contribution >= 4 is 26.4 Å². The van der Waals surface area contributed by atoms with Crippen LogP contribution in [0.2, 0.25) is 0 Å². The first-order valence-corrected chi connectivity index (χ1v) is 7.90. The van der Waals surface area contributed by atoms with Crippen LogP contribution in [-0.2, 0) is 9.84 Å². The van der Waals surface area contributed by atoms with E-state index in [1.165, 1.54) is 6.26 Å². The molecule has 0 aliphatic carbocycles. The summed E-state index contributed by atoms with van der Waals surface area (Å²) >= 11 is 0. The summed E-state index contributed by atoms with van der Waals surface area (Å²) in [6.07, 6.45) is 2.89. The molecular formula is C13H16N2O3S. The highest BCUT2D eigenvalue weighted by Gasteiger charge is 2.07. The standard InChI is InChI=1S/C13H16N2O3S/c1-18-12-5-3-4-11-10(12)6-7-14-13(11)15-8-9-19(2,16)17/h3-7H,8-9H2,1-2H3,(H,14,15). The number of rotatable bonds is 5. The summed E-state index contributed by atoms with van der Waals surface area (Å²) in [6.45, 7) is 0.335. The molecule has 0 aliphatic heterocycles. The fourth-order valence-corrected chi connectivity index (χ4v) is 2.32. The first-order valence-electron chi connectivity index (χ1n) is 5.84. The SMILES string of the molecule is COc1cccc2c(NCCS(C)(=O)=O)nccc12. The molecule has 1 aromatic carbocycles. The normalized spacial score (nSPS) is 11.5. The molecule has 2 aromatic rings. The molecule has 19 heavy (non-hydrogen) atoms. The van der Waals surface area contributed by atoms with Crippen molar-refractivity contribution in [2.75, 3.05) is 31.0 Å². The van der Waals surface area contributed by atoms with E-state index < -0.39 is 9.84 Å². The van der Waals surface area contributed by atoms with Crippen LogP contribution in [-0.4, -0.2) is 39.1 Å². The van der Waals surface area contributed by atoms with Crippen molar-refractivity contribution in [1.29, 1.82) is 0 Å². The van der Waals surface area contributed by atoms with E-state index in [9.17, 15) is 8.42 Å². The largest absolute Gasteiger partial charge is 0.496 e. The number of fused-ring (bicyclic) bond motifs is 1. The maximum absolute atomic E-state index is 11.1. The van der Waals surface area contributed by atoms with Gasteiger partial charge >= 0.3 is 0 Å². The first-order chi connectivity index (χ1) is 9.01. The molecule has 1 aromatic heterocycles. The smallest absolute Gasteiger partial charge is 0.149 e. The number of anilines is 1. The Morgan fingerprint density at radius 1 is 1.26 bits per heavy atom. The number of ether oxygens (including phenoxy) is 1. The molecule has 0 fully saturated rings. The second-order valence-electron chi connectivity index (χ2n) is 4.27. The highest BCUT2D eigenvalue weighted by Crippen LogP contribution is 2.28. The van der Waals surface area contributed by atoms with E-state index in [4.69, 9.17) is 4.74 Å². The quantitative estimate of drug-likeness (QED) is 0.903. The van der Waals surface area contributed by atoms with Crippen molar-refractivity contribution in [2.45, 2.75) is 0 Å². The zero-order chi connectivity index (χ0) is 13.9. The number of hydrogen-bond acceptors (Lipinski definition) is 5. The molecule has 0 spiro atoms. The maximum atomic E-state index is 11.1. The molecule has 102 valence electrons. The Labute approximate surface area is 112 Å². The molecule has 0 atom stereocenters. The maximum Gasteiger partial charge on any atom is 0.149 e. The lowest BCUT2D eigenvalue weighted by molar-refractivity contribution is 0.420. The van der Waals surface area contributed by atoms with Gasteiger partial charge in [0.1, 0.15) is 21.4 Å². The van der Waals surface area contributed by atoms with Gasteiger partial charge in [-0.15, -0.1) is 0 Å². The molecule has 0 saturated heterocycles. The van der Waals surface area contributed by atoms with E-state index in [-0.39, 0.29) is 5.75 Å². The Kier molecular flexibility index (Phi) is 3.90. The van der Waals surface area contributed by atoms with Gasteiger partial charge in [-0.25, -0.2) is 13.4 Å². The van der Waals surface area contributed by atoms with Crippen LogP contribution in [0.25, 0.3) is 10.8 Å². The highest BCUT2D eigenvalue weighted by molar-refractivity contribution is 7.90. The second-order valence-corrected chi connectivity index (χ2v) is 6.53. The van der Waals surface area contributed by atoms with Crippen LogP contribution >= 0.6 is 0 Å². The molecule has 1 N–H and O–H groups in total. The molecular weight excluding hydrogens is 264 g/mol. The zero-order valence-corrected chi connectivity index (χ0v) is 11.7. The second kappa shape index (κ2) is 5.44. The fourth-order valence-electron chi connectivity index (χ4n) is 1.85. The van der Waals surface area contributed by atoms with E-state index >= 15 is 0 Å². The lowest BCUT2D eigenvalue weighted by Crippen LogP contribution is -2.14. The molecule has 0 radical (unpaired) electrons. The molecule has 0 bridgehead atoms. The van der Waals surface area contributed by atoms with E-state index in [2.05, 4.69) is 10.3 Å². The molecule has 2 rings (SSSR count). The van der Waals surface area contributed by atoms with Gasteiger partial charge in [0.25, 0.3) is 0 Å². The van der Waals surface area contributed by atoms with Crippen molar-refractivity contribution < 1.29 is 13.2 Å². The Bertz CT molecular complexity index is 683. The number of methoxy groups -OCH3 is 1. The minimum Gasteiger partial charge on any atom is -0.496 e. The van der Waals surface area contributed by atoms with E-state index in [0.717, 1.165) is 16.5 Å².